The van der Waals surface area contributed by atoms with Crippen LogP contribution in [0.25, 0.3) is 0 Å². The average Bonchev–Trinajstić information content (AvgIpc) is 2.37. The molecule has 0 heterocycles. The van der Waals surface area contributed by atoms with Crippen molar-refractivity contribution in [1.29, 1.82) is 0 Å². The topological polar surface area (TPSA) is 46.3 Å². The fourth-order valence-corrected chi connectivity index (χ4v) is 1.69. The van der Waals surface area contributed by atoms with Gasteiger partial charge in [-0.2, -0.15) is 0 Å². The second-order valence-electron chi connectivity index (χ2n) is 4.38. The van der Waals surface area contributed by atoms with E-state index in [2.05, 4.69) is 31.2 Å². The first-order valence-corrected chi connectivity index (χ1v) is 6.16. The number of rotatable bonds is 5. The number of benzene rings is 1. The molecule has 1 rings (SSSR count). The molecule has 1 atom stereocenters. The lowest BCUT2D eigenvalue weighted by Gasteiger charge is -2.20. The van der Waals surface area contributed by atoms with E-state index >= 15 is 0 Å². The first-order chi connectivity index (χ1) is 8.08. The average molecular weight is 234 g/mol. The Labute approximate surface area is 104 Å². The molecule has 2 N–H and O–H groups in total. The fraction of sp³-hybridized carbons (Fsp3) is 0.500. The lowest BCUT2D eigenvalue weighted by Crippen LogP contribution is -2.40. The highest BCUT2D eigenvalue weighted by Crippen LogP contribution is 2.08. The molecule has 0 bridgehead atoms. The molecule has 94 valence electrons. The molecule has 0 radical (unpaired) electrons. The third-order valence-corrected chi connectivity index (χ3v) is 2.98. The number of likely N-dealkylation sites (N-methyl/N-ethyl adjacent to an activating group) is 1. The molecule has 0 spiro atoms. The highest BCUT2D eigenvalue weighted by atomic mass is 16.2. The van der Waals surface area contributed by atoms with Gasteiger partial charge in [-0.25, -0.2) is 0 Å². The molecule has 1 aromatic carbocycles. The SMILES string of the molecule is CCc1ccc(CN(C)C(=O)[C@@H](N)CC)cc1. The van der Waals surface area contributed by atoms with Gasteiger partial charge in [-0.05, 0) is 24.0 Å². The summed E-state index contributed by atoms with van der Waals surface area (Å²) in [6.07, 6.45) is 1.72. The number of hydrogen-bond donors (Lipinski definition) is 1. The summed E-state index contributed by atoms with van der Waals surface area (Å²) in [6, 6.07) is 7.97. The van der Waals surface area contributed by atoms with Crippen molar-refractivity contribution in [2.45, 2.75) is 39.3 Å². The van der Waals surface area contributed by atoms with E-state index in [1.807, 2.05) is 6.92 Å². The van der Waals surface area contributed by atoms with Crippen molar-refractivity contribution in [3.05, 3.63) is 35.4 Å². The van der Waals surface area contributed by atoms with E-state index in [4.69, 9.17) is 5.73 Å². The van der Waals surface area contributed by atoms with Gasteiger partial charge in [-0.1, -0.05) is 38.1 Å². The van der Waals surface area contributed by atoms with Gasteiger partial charge in [-0.15, -0.1) is 0 Å². The highest BCUT2D eigenvalue weighted by molar-refractivity contribution is 5.81. The van der Waals surface area contributed by atoms with Gasteiger partial charge in [0, 0.05) is 13.6 Å². The molecule has 0 aliphatic heterocycles. The number of hydrogen-bond acceptors (Lipinski definition) is 2. The molecular formula is C14H22N2O. The van der Waals surface area contributed by atoms with Gasteiger partial charge in [-0.3, -0.25) is 4.79 Å². The van der Waals surface area contributed by atoms with Crippen LogP contribution in [0.4, 0.5) is 0 Å². The van der Waals surface area contributed by atoms with Crippen molar-refractivity contribution in [2.75, 3.05) is 7.05 Å². The van der Waals surface area contributed by atoms with Crippen LogP contribution in [0, 0.1) is 0 Å². The summed E-state index contributed by atoms with van der Waals surface area (Å²) in [5.74, 6) is 0.00654. The lowest BCUT2D eigenvalue weighted by molar-refractivity contribution is -0.131. The molecule has 0 unspecified atom stereocenters. The van der Waals surface area contributed by atoms with Crippen LogP contribution in [-0.2, 0) is 17.8 Å². The summed E-state index contributed by atoms with van der Waals surface area (Å²) in [6.45, 7) is 4.67. The maximum absolute atomic E-state index is 11.8. The van der Waals surface area contributed by atoms with Crippen LogP contribution in [0.2, 0.25) is 0 Å². The predicted molar refractivity (Wildman–Crippen MR) is 70.6 cm³/mol. The molecule has 1 aromatic rings. The zero-order valence-corrected chi connectivity index (χ0v) is 10.9. The smallest absolute Gasteiger partial charge is 0.239 e. The number of carbonyl (C=O) groups excluding carboxylic acids is 1. The van der Waals surface area contributed by atoms with Crippen LogP contribution in [0.5, 0.6) is 0 Å². The van der Waals surface area contributed by atoms with Crippen LogP contribution >= 0.6 is 0 Å². The van der Waals surface area contributed by atoms with Crippen LogP contribution in [0.3, 0.4) is 0 Å². The highest BCUT2D eigenvalue weighted by Gasteiger charge is 2.15. The van der Waals surface area contributed by atoms with Crippen molar-refractivity contribution in [1.82, 2.24) is 4.90 Å². The Bertz CT molecular complexity index is 359. The first kappa shape index (κ1) is 13.7. The van der Waals surface area contributed by atoms with Gasteiger partial charge >= 0.3 is 0 Å². The Morgan fingerprint density at radius 2 is 1.76 bits per heavy atom. The molecule has 0 saturated heterocycles. The van der Waals surface area contributed by atoms with Gasteiger partial charge < -0.3 is 10.6 Å². The van der Waals surface area contributed by atoms with Gasteiger partial charge in [0.2, 0.25) is 5.91 Å². The minimum atomic E-state index is -0.380. The van der Waals surface area contributed by atoms with Crippen molar-refractivity contribution >= 4 is 5.91 Å². The Kier molecular flexibility index (Phi) is 5.16. The molecule has 0 aliphatic carbocycles. The van der Waals surface area contributed by atoms with E-state index in [0.29, 0.717) is 13.0 Å². The Hall–Kier alpha value is -1.35. The second-order valence-corrected chi connectivity index (χ2v) is 4.38. The Balaban J connectivity index is 2.61. The largest absolute Gasteiger partial charge is 0.340 e. The zero-order chi connectivity index (χ0) is 12.8. The molecule has 3 nitrogen and oxygen atoms in total. The van der Waals surface area contributed by atoms with Gasteiger partial charge in [0.1, 0.15) is 0 Å². The van der Waals surface area contributed by atoms with Crippen LogP contribution < -0.4 is 5.73 Å². The standard InChI is InChI=1S/C14H22N2O/c1-4-11-6-8-12(9-7-11)10-16(3)14(17)13(15)5-2/h6-9,13H,4-5,10,15H2,1-3H3/t13-/m0/s1. The molecule has 0 aromatic heterocycles. The zero-order valence-electron chi connectivity index (χ0n) is 10.9. The molecule has 1 amide bonds. The van der Waals surface area contributed by atoms with E-state index in [1.54, 1.807) is 11.9 Å². The summed E-state index contributed by atoms with van der Waals surface area (Å²) in [4.78, 5) is 13.5. The normalized spacial score (nSPS) is 12.2. The van der Waals surface area contributed by atoms with E-state index in [-0.39, 0.29) is 11.9 Å². The molecule has 0 aliphatic rings. The van der Waals surface area contributed by atoms with Crippen molar-refractivity contribution in [3.8, 4) is 0 Å². The molecule has 0 saturated carbocycles. The third kappa shape index (κ3) is 3.86. The van der Waals surface area contributed by atoms with E-state index in [1.165, 1.54) is 5.56 Å². The minimum Gasteiger partial charge on any atom is -0.340 e. The Morgan fingerprint density at radius 1 is 1.24 bits per heavy atom. The van der Waals surface area contributed by atoms with Crippen LogP contribution in [-0.4, -0.2) is 23.9 Å². The number of amides is 1. The fourth-order valence-electron chi connectivity index (χ4n) is 1.69. The number of nitrogens with two attached hydrogens (primary N) is 1. The number of aryl methyl sites for hydroxylation is 1. The van der Waals surface area contributed by atoms with E-state index < -0.39 is 0 Å². The minimum absolute atomic E-state index is 0.00654. The summed E-state index contributed by atoms with van der Waals surface area (Å²) < 4.78 is 0. The van der Waals surface area contributed by atoms with Crippen molar-refractivity contribution in [2.24, 2.45) is 5.73 Å². The summed E-state index contributed by atoms with van der Waals surface area (Å²) in [5, 5.41) is 0. The third-order valence-electron chi connectivity index (χ3n) is 2.98. The van der Waals surface area contributed by atoms with Crippen molar-refractivity contribution < 1.29 is 4.79 Å². The molecule has 3 heteroatoms. The first-order valence-electron chi connectivity index (χ1n) is 6.16. The number of carbonyl (C=O) groups is 1. The summed E-state index contributed by atoms with van der Waals surface area (Å²) in [7, 11) is 1.80. The van der Waals surface area contributed by atoms with Crippen LogP contribution in [0.15, 0.2) is 24.3 Å². The Morgan fingerprint density at radius 3 is 2.24 bits per heavy atom. The van der Waals surface area contributed by atoms with E-state index in [9.17, 15) is 4.79 Å². The molecular weight excluding hydrogens is 212 g/mol. The maximum Gasteiger partial charge on any atom is 0.239 e. The maximum atomic E-state index is 11.8. The van der Waals surface area contributed by atoms with Crippen LogP contribution in [0.1, 0.15) is 31.4 Å². The summed E-state index contributed by atoms with van der Waals surface area (Å²) >= 11 is 0. The predicted octanol–water partition coefficient (Wildman–Crippen LogP) is 1.94. The van der Waals surface area contributed by atoms with Gasteiger partial charge in [0.05, 0.1) is 6.04 Å². The van der Waals surface area contributed by atoms with Gasteiger partial charge in [0.15, 0.2) is 0 Å². The second kappa shape index (κ2) is 6.40. The monoisotopic (exact) mass is 234 g/mol. The molecule has 17 heavy (non-hydrogen) atoms. The van der Waals surface area contributed by atoms with Crippen molar-refractivity contribution in [3.63, 3.8) is 0 Å². The number of nitrogens with zero attached hydrogens (tertiary/aromatic N) is 1. The summed E-state index contributed by atoms with van der Waals surface area (Å²) in [5.41, 5.74) is 8.18. The van der Waals surface area contributed by atoms with Gasteiger partial charge in [0.25, 0.3) is 0 Å². The van der Waals surface area contributed by atoms with E-state index in [0.717, 1.165) is 12.0 Å². The quantitative estimate of drug-likeness (QED) is 0.846. The lowest BCUT2D eigenvalue weighted by atomic mass is 10.1. The molecule has 0 fully saturated rings.